The van der Waals surface area contributed by atoms with Crippen LogP contribution in [0.5, 0.6) is 5.75 Å². The molecule has 3 aromatic rings. The predicted molar refractivity (Wildman–Crippen MR) is 111 cm³/mol. The smallest absolute Gasteiger partial charge is 0.401 e. The van der Waals surface area contributed by atoms with Gasteiger partial charge < -0.3 is 14.6 Å². The van der Waals surface area contributed by atoms with E-state index >= 15 is 0 Å². The Morgan fingerprint density at radius 1 is 1.13 bits per heavy atom. The second-order valence-electron chi connectivity index (χ2n) is 7.80. The standard InChI is InChI=1S/C22H24F4N4O/c1-15-12-27-20-3-2-17(11-18(15)20)31-9-4-16-10-19(23)21(28-13-16)30-7-5-29(6-8-30)14-22(24,25)26/h2-3,10-13,27H,4-9,14H2,1H3. The summed E-state index contributed by atoms with van der Waals surface area (Å²) in [5, 5.41) is 1.10. The van der Waals surface area contributed by atoms with Crippen LogP contribution in [0.4, 0.5) is 23.4 Å². The average Bonchev–Trinajstić information content (AvgIpc) is 3.08. The summed E-state index contributed by atoms with van der Waals surface area (Å²) in [7, 11) is 0. The van der Waals surface area contributed by atoms with Crippen molar-refractivity contribution in [1.82, 2.24) is 14.9 Å². The molecule has 166 valence electrons. The van der Waals surface area contributed by atoms with Gasteiger partial charge in [-0.05, 0) is 42.3 Å². The Morgan fingerprint density at radius 2 is 1.90 bits per heavy atom. The molecule has 0 aliphatic carbocycles. The summed E-state index contributed by atoms with van der Waals surface area (Å²) in [6, 6.07) is 7.25. The maximum atomic E-state index is 14.6. The van der Waals surface area contributed by atoms with Crippen molar-refractivity contribution in [3.63, 3.8) is 0 Å². The van der Waals surface area contributed by atoms with Crippen LogP contribution in [0.3, 0.4) is 0 Å². The third kappa shape index (κ3) is 5.28. The number of hydrogen-bond donors (Lipinski definition) is 1. The van der Waals surface area contributed by atoms with Crippen molar-refractivity contribution in [2.45, 2.75) is 19.5 Å². The number of halogens is 4. The molecule has 0 spiro atoms. The maximum absolute atomic E-state index is 14.6. The minimum atomic E-state index is -4.22. The Labute approximate surface area is 177 Å². The molecule has 1 aliphatic heterocycles. The zero-order chi connectivity index (χ0) is 22.0. The van der Waals surface area contributed by atoms with E-state index in [0.717, 1.165) is 22.2 Å². The Kier molecular flexibility index (Phi) is 6.04. The number of piperazine rings is 1. The van der Waals surface area contributed by atoms with Crippen LogP contribution in [0.2, 0.25) is 0 Å². The summed E-state index contributed by atoms with van der Waals surface area (Å²) in [6.07, 6.45) is -0.181. The molecular weight excluding hydrogens is 412 g/mol. The minimum absolute atomic E-state index is 0.185. The van der Waals surface area contributed by atoms with Crippen molar-refractivity contribution in [1.29, 1.82) is 0 Å². The lowest BCUT2D eigenvalue weighted by molar-refractivity contribution is -0.146. The van der Waals surface area contributed by atoms with Crippen molar-refractivity contribution in [3.8, 4) is 5.75 Å². The number of pyridine rings is 1. The summed E-state index contributed by atoms with van der Waals surface area (Å²) in [5.74, 6) is 0.466. The Balaban J connectivity index is 1.31. The zero-order valence-electron chi connectivity index (χ0n) is 17.2. The monoisotopic (exact) mass is 436 g/mol. The number of rotatable bonds is 6. The molecule has 0 bridgehead atoms. The lowest BCUT2D eigenvalue weighted by atomic mass is 10.2. The molecule has 1 saturated heterocycles. The largest absolute Gasteiger partial charge is 0.493 e. The first kappa shape index (κ1) is 21.4. The van der Waals surface area contributed by atoms with Gasteiger partial charge >= 0.3 is 6.18 Å². The van der Waals surface area contributed by atoms with E-state index in [-0.39, 0.29) is 18.9 Å². The van der Waals surface area contributed by atoms with Gasteiger partial charge in [-0.2, -0.15) is 13.2 Å². The Morgan fingerprint density at radius 3 is 2.61 bits per heavy atom. The van der Waals surface area contributed by atoms with Gasteiger partial charge in [-0.1, -0.05) is 0 Å². The molecule has 1 aromatic carbocycles. The first-order valence-electron chi connectivity index (χ1n) is 10.2. The van der Waals surface area contributed by atoms with Gasteiger partial charge in [-0.25, -0.2) is 9.37 Å². The highest BCUT2D eigenvalue weighted by Crippen LogP contribution is 2.24. The van der Waals surface area contributed by atoms with Gasteiger partial charge in [0.05, 0.1) is 13.2 Å². The van der Waals surface area contributed by atoms with Crippen molar-refractivity contribution in [3.05, 3.63) is 53.6 Å². The number of aryl methyl sites for hydroxylation is 1. The molecule has 31 heavy (non-hydrogen) atoms. The summed E-state index contributed by atoms with van der Waals surface area (Å²) in [5.41, 5.74) is 2.89. The molecule has 3 heterocycles. The van der Waals surface area contributed by atoms with Crippen LogP contribution in [0.1, 0.15) is 11.1 Å². The minimum Gasteiger partial charge on any atom is -0.493 e. The first-order valence-corrected chi connectivity index (χ1v) is 10.2. The van der Waals surface area contributed by atoms with E-state index in [1.807, 2.05) is 31.3 Å². The van der Waals surface area contributed by atoms with Crippen molar-refractivity contribution in [2.75, 3.05) is 44.2 Å². The lowest BCUT2D eigenvalue weighted by Crippen LogP contribution is -2.49. The molecular formula is C22H24F4N4O. The quantitative estimate of drug-likeness (QED) is 0.585. The number of fused-ring (bicyclic) bond motifs is 1. The zero-order valence-corrected chi connectivity index (χ0v) is 17.2. The van der Waals surface area contributed by atoms with Crippen LogP contribution in [-0.4, -0.2) is 60.4 Å². The fourth-order valence-electron chi connectivity index (χ4n) is 3.83. The van der Waals surface area contributed by atoms with Crippen LogP contribution >= 0.6 is 0 Å². The number of hydrogen-bond acceptors (Lipinski definition) is 4. The maximum Gasteiger partial charge on any atom is 0.401 e. The molecule has 0 amide bonds. The number of H-pyrrole nitrogens is 1. The molecule has 0 unspecified atom stereocenters. The second kappa shape index (κ2) is 8.74. The number of nitrogens with zero attached hydrogens (tertiary/aromatic N) is 3. The van der Waals surface area contributed by atoms with Gasteiger partial charge in [0.1, 0.15) is 5.75 Å². The molecule has 0 saturated carbocycles. The number of nitrogens with one attached hydrogen (secondary N) is 1. The van der Waals surface area contributed by atoms with E-state index in [0.29, 0.717) is 31.7 Å². The van der Waals surface area contributed by atoms with Crippen molar-refractivity contribution >= 4 is 16.7 Å². The fraction of sp³-hybridized carbons (Fsp3) is 0.409. The van der Waals surface area contributed by atoms with Crippen molar-refractivity contribution in [2.24, 2.45) is 0 Å². The van der Waals surface area contributed by atoms with Crippen LogP contribution in [0.15, 0.2) is 36.7 Å². The molecule has 1 fully saturated rings. The topological polar surface area (TPSA) is 44.4 Å². The number of anilines is 1. The summed E-state index contributed by atoms with van der Waals surface area (Å²) < 4.78 is 57.9. The molecule has 0 atom stereocenters. The van der Waals surface area contributed by atoms with Crippen LogP contribution in [-0.2, 0) is 6.42 Å². The van der Waals surface area contributed by atoms with E-state index in [1.165, 1.54) is 11.0 Å². The molecule has 4 rings (SSSR count). The lowest BCUT2D eigenvalue weighted by Gasteiger charge is -2.35. The number of ether oxygens (including phenoxy) is 1. The van der Waals surface area contributed by atoms with Crippen LogP contribution in [0, 0.1) is 12.7 Å². The third-order valence-corrected chi connectivity index (χ3v) is 5.47. The summed E-state index contributed by atoms with van der Waals surface area (Å²) in [4.78, 5) is 10.4. The SMILES string of the molecule is Cc1c[nH]c2ccc(OCCc3cnc(N4CCN(CC(F)(F)F)CC4)c(F)c3)cc12. The average molecular weight is 436 g/mol. The normalized spacial score (nSPS) is 15.6. The molecule has 0 radical (unpaired) electrons. The van der Waals surface area contributed by atoms with Gasteiger partial charge in [0, 0.05) is 55.9 Å². The summed E-state index contributed by atoms with van der Waals surface area (Å²) >= 11 is 0. The number of aromatic nitrogens is 2. The Bertz CT molecular complexity index is 1040. The molecule has 2 aromatic heterocycles. The van der Waals surface area contributed by atoms with Crippen molar-refractivity contribution < 1.29 is 22.3 Å². The number of benzene rings is 1. The van der Waals surface area contributed by atoms with E-state index in [9.17, 15) is 17.6 Å². The number of aromatic amines is 1. The van der Waals surface area contributed by atoms with E-state index < -0.39 is 18.5 Å². The predicted octanol–water partition coefficient (Wildman–Crippen LogP) is 4.32. The molecule has 1 N–H and O–H groups in total. The third-order valence-electron chi connectivity index (χ3n) is 5.47. The second-order valence-corrected chi connectivity index (χ2v) is 7.80. The highest BCUT2D eigenvalue weighted by Gasteiger charge is 2.32. The van der Waals surface area contributed by atoms with Crippen LogP contribution in [0.25, 0.3) is 10.9 Å². The first-order chi connectivity index (χ1) is 14.8. The van der Waals surface area contributed by atoms with Gasteiger partial charge in [-0.3, -0.25) is 4.90 Å². The molecule has 9 heteroatoms. The number of alkyl halides is 3. The molecule has 5 nitrogen and oxygen atoms in total. The van der Waals surface area contributed by atoms with E-state index in [4.69, 9.17) is 4.74 Å². The van der Waals surface area contributed by atoms with Gasteiger partial charge in [-0.15, -0.1) is 0 Å². The fourth-order valence-corrected chi connectivity index (χ4v) is 3.83. The highest BCUT2D eigenvalue weighted by atomic mass is 19.4. The molecule has 1 aliphatic rings. The van der Waals surface area contributed by atoms with Gasteiger partial charge in [0.15, 0.2) is 11.6 Å². The van der Waals surface area contributed by atoms with Gasteiger partial charge in [0.2, 0.25) is 0 Å². The van der Waals surface area contributed by atoms with Gasteiger partial charge in [0.25, 0.3) is 0 Å². The van der Waals surface area contributed by atoms with E-state index in [2.05, 4.69) is 9.97 Å². The van der Waals surface area contributed by atoms with E-state index in [1.54, 1.807) is 11.1 Å². The van der Waals surface area contributed by atoms with Crippen LogP contribution < -0.4 is 9.64 Å². The summed E-state index contributed by atoms with van der Waals surface area (Å²) in [6.45, 7) is 2.53. The highest BCUT2D eigenvalue weighted by molar-refractivity contribution is 5.84. The Hall–Kier alpha value is -2.81.